The molecule has 47 heavy (non-hydrogen) atoms. The third-order valence-corrected chi connectivity index (χ3v) is 6.16. The molecule has 0 aromatic heterocycles. The SMILES string of the molecule is CC(=O)OC[C@@H]1O[C@@H](O[C@H]2O[C@H](COC(C)=O)[C@@H](OC(C)=O)[C@@H](OC(C)=O)[C@H]2OC(C)=O)[C@@H](OC(C)=O)[C@@H](OC(C)=O)[C@H]1OC(C)=O. The van der Waals surface area contributed by atoms with E-state index in [4.69, 9.17) is 52.1 Å². The molecule has 2 aliphatic rings. The third kappa shape index (κ3) is 12.1. The summed E-state index contributed by atoms with van der Waals surface area (Å²) in [5, 5.41) is 0. The number of hydrogen-bond acceptors (Lipinski definition) is 19. The van der Waals surface area contributed by atoms with Crippen molar-refractivity contribution in [3.05, 3.63) is 0 Å². The zero-order valence-electron chi connectivity index (χ0n) is 26.9. The number of esters is 8. The molecule has 0 aromatic carbocycles. The standard InChI is InChI=1S/C28H38O19/c1-11(29)37-9-19-21(39-13(3)31)23(41-15(5)33)25(43-17(7)35)27(45-19)47-28-26(44-18(8)36)24(42-16(6)34)22(40-14(4)32)20(46-28)10-38-12(2)30/h19-28H,9-10H2,1-8H3/t19-,20+,21-,22+,23-,24+,25-,26+,27-,28+. The number of carbonyl (C=O) groups excluding carboxylic acids is 8. The van der Waals surface area contributed by atoms with Crippen molar-refractivity contribution in [2.45, 2.75) is 117 Å². The summed E-state index contributed by atoms with van der Waals surface area (Å²) < 4.78 is 60.1. The lowest BCUT2D eigenvalue weighted by Gasteiger charge is -2.48. The molecule has 19 nitrogen and oxygen atoms in total. The van der Waals surface area contributed by atoms with Gasteiger partial charge < -0.3 is 52.1 Å². The van der Waals surface area contributed by atoms with Gasteiger partial charge in [0.25, 0.3) is 0 Å². The second kappa shape index (κ2) is 17.5. The molecule has 0 saturated carbocycles. The highest BCUT2D eigenvalue weighted by atomic mass is 16.8. The fourth-order valence-electron chi connectivity index (χ4n) is 4.73. The maximum atomic E-state index is 12.2. The fraction of sp³-hybridized carbons (Fsp3) is 0.714. The minimum absolute atomic E-state index is 0.587. The van der Waals surface area contributed by atoms with Crippen LogP contribution in [-0.2, 0) is 90.5 Å². The van der Waals surface area contributed by atoms with E-state index in [2.05, 4.69) is 0 Å². The van der Waals surface area contributed by atoms with Gasteiger partial charge in [-0.05, 0) is 0 Å². The Labute approximate surface area is 268 Å². The van der Waals surface area contributed by atoms with Crippen LogP contribution in [-0.4, -0.2) is 122 Å². The van der Waals surface area contributed by atoms with Gasteiger partial charge in [-0.1, -0.05) is 0 Å². The van der Waals surface area contributed by atoms with Crippen LogP contribution in [0.2, 0.25) is 0 Å². The molecule has 10 atom stereocenters. The first kappa shape index (κ1) is 38.8. The largest absolute Gasteiger partial charge is 0.463 e. The van der Waals surface area contributed by atoms with Gasteiger partial charge in [-0.2, -0.15) is 0 Å². The zero-order chi connectivity index (χ0) is 35.6. The van der Waals surface area contributed by atoms with Crippen molar-refractivity contribution >= 4 is 47.8 Å². The van der Waals surface area contributed by atoms with Gasteiger partial charge in [0.2, 0.25) is 12.6 Å². The van der Waals surface area contributed by atoms with Gasteiger partial charge in [0.1, 0.15) is 25.4 Å². The second-order valence-electron chi connectivity index (χ2n) is 10.3. The topological polar surface area (TPSA) is 238 Å². The first-order valence-corrected chi connectivity index (χ1v) is 14.2. The van der Waals surface area contributed by atoms with Crippen LogP contribution in [0.3, 0.4) is 0 Å². The van der Waals surface area contributed by atoms with E-state index >= 15 is 0 Å². The van der Waals surface area contributed by atoms with E-state index in [9.17, 15) is 38.4 Å². The lowest BCUT2D eigenvalue weighted by Crippen LogP contribution is -2.66. The molecular formula is C28H38O19. The van der Waals surface area contributed by atoms with Crippen molar-refractivity contribution in [1.82, 2.24) is 0 Å². The molecule has 0 amide bonds. The van der Waals surface area contributed by atoms with Crippen molar-refractivity contribution in [3.8, 4) is 0 Å². The van der Waals surface area contributed by atoms with E-state index < -0.39 is 122 Å². The van der Waals surface area contributed by atoms with Gasteiger partial charge in [-0.3, -0.25) is 38.4 Å². The Balaban J connectivity index is 2.69. The van der Waals surface area contributed by atoms with E-state index in [0.717, 1.165) is 55.4 Å². The normalized spacial score (nSPS) is 30.0. The predicted molar refractivity (Wildman–Crippen MR) is 145 cm³/mol. The van der Waals surface area contributed by atoms with Crippen molar-refractivity contribution in [2.75, 3.05) is 13.2 Å². The van der Waals surface area contributed by atoms with E-state index in [1.807, 2.05) is 0 Å². The Kier molecular flexibility index (Phi) is 14.5. The summed E-state index contributed by atoms with van der Waals surface area (Å²) >= 11 is 0. The van der Waals surface area contributed by atoms with Gasteiger partial charge in [0, 0.05) is 55.4 Å². The number of hydrogen-bond donors (Lipinski definition) is 0. The summed E-state index contributed by atoms with van der Waals surface area (Å²) in [5.41, 5.74) is 0. The molecule has 0 aliphatic carbocycles. The summed E-state index contributed by atoms with van der Waals surface area (Å²) in [4.78, 5) is 96.2. The Morgan fingerprint density at radius 1 is 0.383 bits per heavy atom. The highest BCUT2D eigenvalue weighted by molar-refractivity contribution is 5.70. The molecule has 2 rings (SSSR count). The van der Waals surface area contributed by atoms with E-state index in [1.54, 1.807) is 0 Å². The van der Waals surface area contributed by atoms with Crippen molar-refractivity contribution in [2.24, 2.45) is 0 Å². The quantitative estimate of drug-likeness (QED) is 0.181. The summed E-state index contributed by atoms with van der Waals surface area (Å²) in [6, 6.07) is 0. The van der Waals surface area contributed by atoms with Crippen LogP contribution in [0.15, 0.2) is 0 Å². The lowest BCUT2D eigenvalue weighted by molar-refractivity contribution is -0.377. The molecular weight excluding hydrogens is 640 g/mol. The smallest absolute Gasteiger partial charge is 0.303 e. The molecule has 0 radical (unpaired) electrons. The molecule has 2 heterocycles. The Bertz CT molecular complexity index is 1110. The highest BCUT2D eigenvalue weighted by Crippen LogP contribution is 2.35. The van der Waals surface area contributed by atoms with E-state index in [-0.39, 0.29) is 0 Å². The molecule has 0 N–H and O–H groups in total. The monoisotopic (exact) mass is 678 g/mol. The molecule has 0 spiro atoms. The number of rotatable bonds is 12. The summed E-state index contributed by atoms with van der Waals surface area (Å²) in [5.74, 6) is -6.98. The predicted octanol–water partition coefficient (Wildman–Crippen LogP) is -0.831. The van der Waals surface area contributed by atoms with Gasteiger partial charge in [-0.15, -0.1) is 0 Å². The molecule has 264 valence electrons. The van der Waals surface area contributed by atoms with Crippen LogP contribution in [0.1, 0.15) is 55.4 Å². The fourth-order valence-corrected chi connectivity index (χ4v) is 4.73. The molecule has 2 saturated heterocycles. The Hall–Kier alpha value is -4.36. The van der Waals surface area contributed by atoms with Crippen LogP contribution < -0.4 is 0 Å². The number of ether oxygens (including phenoxy) is 11. The van der Waals surface area contributed by atoms with E-state index in [0.29, 0.717) is 0 Å². The number of carbonyl (C=O) groups is 8. The van der Waals surface area contributed by atoms with Gasteiger partial charge in [0.05, 0.1) is 0 Å². The van der Waals surface area contributed by atoms with Crippen LogP contribution in [0.4, 0.5) is 0 Å². The minimum atomic E-state index is -1.84. The van der Waals surface area contributed by atoms with Gasteiger partial charge in [-0.25, -0.2) is 0 Å². The van der Waals surface area contributed by atoms with Crippen LogP contribution in [0, 0.1) is 0 Å². The van der Waals surface area contributed by atoms with Crippen LogP contribution in [0.25, 0.3) is 0 Å². The van der Waals surface area contributed by atoms with Crippen LogP contribution >= 0.6 is 0 Å². The first-order chi connectivity index (χ1) is 21.9. The lowest BCUT2D eigenvalue weighted by atomic mass is 9.96. The zero-order valence-corrected chi connectivity index (χ0v) is 26.9. The molecule has 0 aromatic rings. The van der Waals surface area contributed by atoms with Crippen LogP contribution in [0.5, 0.6) is 0 Å². The summed E-state index contributed by atoms with van der Waals surface area (Å²) in [7, 11) is 0. The van der Waals surface area contributed by atoms with Crippen molar-refractivity contribution < 1.29 is 90.5 Å². The highest BCUT2D eigenvalue weighted by Gasteiger charge is 2.57. The molecule has 2 fully saturated rings. The summed E-state index contributed by atoms with van der Waals surface area (Å²) in [6.07, 6.45) is -16.3. The average Bonchev–Trinajstić information content (AvgIpc) is 2.91. The summed E-state index contributed by atoms with van der Waals surface area (Å²) in [6.45, 7) is 7.10. The van der Waals surface area contributed by atoms with Gasteiger partial charge in [0.15, 0.2) is 36.6 Å². The first-order valence-electron chi connectivity index (χ1n) is 14.2. The van der Waals surface area contributed by atoms with Gasteiger partial charge >= 0.3 is 47.8 Å². The maximum absolute atomic E-state index is 12.2. The molecule has 2 aliphatic heterocycles. The average molecular weight is 679 g/mol. The van der Waals surface area contributed by atoms with Crippen molar-refractivity contribution in [3.63, 3.8) is 0 Å². The van der Waals surface area contributed by atoms with Crippen molar-refractivity contribution in [1.29, 1.82) is 0 Å². The minimum Gasteiger partial charge on any atom is -0.463 e. The Morgan fingerprint density at radius 3 is 0.894 bits per heavy atom. The molecule has 0 bridgehead atoms. The Morgan fingerprint density at radius 2 is 0.638 bits per heavy atom. The maximum Gasteiger partial charge on any atom is 0.303 e. The molecule has 0 unspecified atom stereocenters. The van der Waals surface area contributed by atoms with E-state index in [1.165, 1.54) is 0 Å². The third-order valence-electron chi connectivity index (χ3n) is 6.16. The molecule has 19 heteroatoms. The second-order valence-corrected chi connectivity index (χ2v) is 10.3.